The van der Waals surface area contributed by atoms with E-state index < -0.39 is 56.9 Å². The highest BCUT2D eigenvalue weighted by Crippen LogP contribution is 2.33. The van der Waals surface area contributed by atoms with Crippen molar-refractivity contribution in [2.75, 3.05) is 11.5 Å². The molecule has 0 spiro atoms. The Morgan fingerprint density at radius 3 is 2.04 bits per heavy atom. The molecule has 0 fully saturated rings. The van der Waals surface area contributed by atoms with Crippen molar-refractivity contribution in [2.24, 2.45) is 0 Å². The van der Waals surface area contributed by atoms with Gasteiger partial charge in [-0.3, -0.25) is 4.79 Å². The van der Waals surface area contributed by atoms with E-state index >= 15 is 0 Å². The summed E-state index contributed by atoms with van der Waals surface area (Å²) in [6.45, 7) is 0. The van der Waals surface area contributed by atoms with Crippen LogP contribution in [0.2, 0.25) is 0 Å². The van der Waals surface area contributed by atoms with Gasteiger partial charge >= 0.3 is 24.3 Å². The Balaban J connectivity index is 2.79. The third-order valence-electron chi connectivity index (χ3n) is 3.02. The number of halogens is 6. The predicted molar refractivity (Wildman–Crippen MR) is 76.4 cm³/mol. The summed E-state index contributed by atoms with van der Waals surface area (Å²) in [5.74, 6) is -7.50. The molecule has 0 amide bonds. The van der Waals surface area contributed by atoms with Gasteiger partial charge in [-0.15, -0.1) is 0 Å². The van der Waals surface area contributed by atoms with Crippen LogP contribution in [0.15, 0.2) is 23.0 Å². The molecule has 1 aromatic carbocycles. The van der Waals surface area contributed by atoms with E-state index in [1.807, 2.05) is 0 Å². The lowest BCUT2D eigenvalue weighted by Gasteiger charge is -2.17. The van der Waals surface area contributed by atoms with Crippen molar-refractivity contribution in [3.63, 3.8) is 0 Å². The van der Waals surface area contributed by atoms with Crippen molar-refractivity contribution in [3.05, 3.63) is 28.6 Å². The third-order valence-corrected chi connectivity index (χ3v) is 3.02. The van der Waals surface area contributed by atoms with Crippen LogP contribution in [0.3, 0.4) is 0 Å². The SMILES string of the molecule is Nc1cccc2c(=O)n(OC(=O)C(F)(F)F)c(OC(=O)C(F)(F)F)c(N)c12. The molecule has 27 heavy (non-hydrogen) atoms. The smallest absolute Gasteiger partial charge is 0.398 e. The molecule has 146 valence electrons. The maximum atomic E-state index is 12.4. The Morgan fingerprint density at radius 1 is 0.963 bits per heavy atom. The molecule has 0 saturated carbocycles. The summed E-state index contributed by atoms with van der Waals surface area (Å²) in [6, 6.07) is 3.34. The molecule has 0 aliphatic rings. The van der Waals surface area contributed by atoms with Crippen LogP contribution < -0.4 is 26.6 Å². The topological polar surface area (TPSA) is 127 Å². The molecule has 4 N–H and O–H groups in total. The molecule has 2 rings (SSSR count). The van der Waals surface area contributed by atoms with Gasteiger partial charge in [-0.05, 0) is 12.1 Å². The average molecular weight is 399 g/mol. The van der Waals surface area contributed by atoms with Crippen LogP contribution in [0.1, 0.15) is 0 Å². The Kier molecular flexibility index (Phi) is 4.69. The van der Waals surface area contributed by atoms with E-state index in [9.17, 15) is 40.7 Å². The highest BCUT2D eigenvalue weighted by Gasteiger charge is 2.45. The largest absolute Gasteiger partial charge is 0.493 e. The number of anilines is 2. The minimum Gasteiger partial charge on any atom is -0.398 e. The number of carbonyl (C=O) groups is 2. The second-order valence-corrected chi connectivity index (χ2v) is 4.85. The summed E-state index contributed by atoms with van der Waals surface area (Å²) in [5.41, 5.74) is 8.29. The van der Waals surface area contributed by atoms with Gasteiger partial charge < -0.3 is 21.0 Å². The van der Waals surface area contributed by atoms with Crippen LogP contribution in [0.25, 0.3) is 10.8 Å². The number of nitrogens with two attached hydrogens (primary N) is 2. The predicted octanol–water partition coefficient (Wildman–Crippen LogP) is 1.15. The molecule has 1 heterocycles. The maximum absolute atomic E-state index is 12.4. The quantitative estimate of drug-likeness (QED) is 0.441. The van der Waals surface area contributed by atoms with Crippen molar-refractivity contribution in [3.8, 4) is 5.88 Å². The lowest BCUT2D eigenvalue weighted by atomic mass is 10.1. The average Bonchev–Trinajstić information content (AvgIpc) is 2.53. The molecular formula is C13H7F6N3O5. The maximum Gasteiger partial charge on any atom is 0.493 e. The number of ether oxygens (including phenoxy) is 1. The van der Waals surface area contributed by atoms with Crippen molar-refractivity contribution in [1.82, 2.24) is 4.73 Å². The fourth-order valence-corrected chi connectivity index (χ4v) is 1.93. The Morgan fingerprint density at radius 2 is 1.52 bits per heavy atom. The number of esters is 1. The van der Waals surface area contributed by atoms with Crippen LogP contribution in [0.5, 0.6) is 5.88 Å². The molecule has 8 nitrogen and oxygen atoms in total. The highest BCUT2D eigenvalue weighted by atomic mass is 19.4. The van der Waals surface area contributed by atoms with Crippen LogP contribution >= 0.6 is 0 Å². The van der Waals surface area contributed by atoms with E-state index in [-0.39, 0.29) is 5.69 Å². The first-order valence-corrected chi connectivity index (χ1v) is 6.56. The molecule has 0 bridgehead atoms. The van der Waals surface area contributed by atoms with Gasteiger partial charge in [0.2, 0.25) is 0 Å². The van der Waals surface area contributed by atoms with Crippen molar-refractivity contribution in [1.29, 1.82) is 0 Å². The number of rotatable bonds is 2. The molecule has 0 aliphatic heterocycles. The summed E-state index contributed by atoms with van der Waals surface area (Å²) < 4.78 is 77.8. The number of hydrogen-bond donors (Lipinski definition) is 2. The molecule has 0 saturated heterocycles. The monoisotopic (exact) mass is 399 g/mol. The Bertz CT molecular complexity index is 995. The zero-order valence-electron chi connectivity index (χ0n) is 12.6. The molecule has 0 aliphatic carbocycles. The first kappa shape index (κ1) is 19.9. The van der Waals surface area contributed by atoms with Crippen molar-refractivity contribution in [2.45, 2.75) is 12.4 Å². The fourth-order valence-electron chi connectivity index (χ4n) is 1.93. The van der Waals surface area contributed by atoms with Gasteiger partial charge in [-0.25, -0.2) is 9.59 Å². The lowest BCUT2D eigenvalue weighted by Crippen LogP contribution is -2.40. The highest BCUT2D eigenvalue weighted by molar-refractivity contribution is 6.03. The fraction of sp³-hybridized carbons (Fsp3) is 0.154. The number of hydrogen-bond acceptors (Lipinski definition) is 7. The lowest BCUT2D eigenvalue weighted by molar-refractivity contribution is -0.202. The van der Waals surface area contributed by atoms with Gasteiger partial charge in [-0.2, -0.15) is 26.3 Å². The van der Waals surface area contributed by atoms with Gasteiger partial charge in [-0.1, -0.05) is 10.8 Å². The number of pyridine rings is 1. The molecule has 1 aromatic heterocycles. The number of nitrogens with zero attached hydrogens (tertiary/aromatic N) is 1. The van der Waals surface area contributed by atoms with Gasteiger partial charge in [0.1, 0.15) is 5.69 Å². The zero-order chi connectivity index (χ0) is 20.7. The van der Waals surface area contributed by atoms with Crippen LogP contribution in [0.4, 0.5) is 37.7 Å². The summed E-state index contributed by atoms with van der Waals surface area (Å²) >= 11 is 0. The van der Waals surface area contributed by atoms with E-state index in [1.165, 1.54) is 12.1 Å². The third kappa shape index (κ3) is 3.73. The molecule has 14 heteroatoms. The first-order valence-electron chi connectivity index (χ1n) is 6.56. The van der Waals surface area contributed by atoms with Crippen LogP contribution in [0, 0.1) is 0 Å². The molecule has 0 unspecified atom stereocenters. The van der Waals surface area contributed by atoms with Crippen LogP contribution in [-0.4, -0.2) is 29.0 Å². The number of alkyl halides is 6. The van der Waals surface area contributed by atoms with Gasteiger partial charge in [0.25, 0.3) is 11.4 Å². The van der Waals surface area contributed by atoms with E-state index in [4.69, 9.17) is 11.5 Å². The standard InChI is InChI=1S/C13H7F6N3O5/c14-12(15,16)10(24)26-9-7(21)6-4(2-1-3-5(6)20)8(23)22(9)27-11(25)13(17,18)19/h1-3H,20-21H2. The summed E-state index contributed by atoms with van der Waals surface area (Å²) in [5, 5.41) is -0.916. The number of benzene rings is 1. The zero-order valence-corrected chi connectivity index (χ0v) is 12.6. The second-order valence-electron chi connectivity index (χ2n) is 4.85. The number of nitrogen functional groups attached to an aromatic ring is 2. The Labute approximate surface area is 143 Å². The van der Waals surface area contributed by atoms with Crippen molar-refractivity contribution >= 4 is 34.1 Å². The molecule has 2 aromatic rings. The number of carbonyl (C=O) groups excluding carboxylic acids is 2. The molecule has 0 atom stereocenters. The van der Waals surface area contributed by atoms with Gasteiger partial charge in [0, 0.05) is 11.1 Å². The van der Waals surface area contributed by atoms with E-state index in [2.05, 4.69) is 9.57 Å². The first-order chi connectivity index (χ1) is 12.2. The van der Waals surface area contributed by atoms with Crippen LogP contribution in [-0.2, 0) is 9.59 Å². The summed E-state index contributed by atoms with van der Waals surface area (Å²) in [6.07, 6.45) is -11.2. The molecule has 0 radical (unpaired) electrons. The minimum atomic E-state index is -5.62. The summed E-state index contributed by atoms with van der Waals surface area (Å²) in [7, 11) is 0. The Hall–Kier alpha value is -3.45. The normalized spacial score (nSPS) is 12.1. The van der Waals surface area contributed by atoms with Gasteiger partial charge in [0.15, 0.2) is 0 Å². The van der Waals surface area contributed by atoms with E-state index in [0.29, 0.717) is 0 Å². The van der Waals surface area contributed by atoms with E-state index in [1.54, 1.807) is 0 Å². The molecular weight excluding hydrogens is 392 g/mol. The van der Waals surface area contributed by atoms with E-state index in [0.717, 1.165) is 6.07 Å². The number of aromatic nitrogens is 1. The summed E-state index contributed by atoms with van der Waals surface area (Å²) in [4.78, 5) is 38.1. The number of fused-ring (bicyclic) bond motifs is 1. The van der Waals surface area contributed by atoms with Gasteiger partial charge in [0.05, 0.1) is 5.39 Å². The second kappa shape index (κ2) is 6.37. The minimum absolute atomic E-state index is 0.263. The van der Waals surface area contributed by atoms with Crippen molar-refractivity contribution < 1.29 is 45.5 Å².